The van der Waals surface area contributed by atoms with Crippen LogP contribution >= 0.6 is 0 Å². The molecule has 7 nitrogen and oxygen atoms in total. The SMILES string of the molecule is N=C(N)c1ccc(OCOc2cccc(-c3cc4cc(C(=N)N)ccc4o3)c2)cc1. The fourth-order valence-corrected chi connectivity index (χ4v) is 2.99. The molecule has 4 aromatic rings. The van der Waals surface area contributed by atoms with Gasteiger partial charge in [0.15, 0.2) is 0 Å². The highest BCUT2D eigenvalue weighted by atomic mass is 16.7. The third-order valence-electron chi connectivity index (χ3n) is 4.56. The molecule has 0 radical (unpaired) electrons. The number of benzene rings is 3. The molecule has 0 bridgehead atoms. The highest BCUT2D eigenvalue weighted by molar-refractivity contribution is 5.99. The summed E-state index contributed by atoms with van der Waals surface area (Å²) in [5.41, 5.74) is 13.9. The predicted molar refractivity (Wildman–Crippen MR) is 116 cm³/mol. The number of fused-ring (bicyclic) bond motifs is 1. The maximum absolute atomic E-state index is 7.57. The Morgan fingerprint density at radius 1 is 0.767 bits per heavy atom. The van der Waals surface area contributed by atoms with Gasteiger partial charge in [-0.25, -0.2) is 0 Å². The average Bonchev–Trinajstić information content (AvgIpc) is 3.18. The molecular weight excluding hydrogens is 380 g/mol. The van der Waals surface area contributed by atoms with Gasteiger partial charge in [0.05, 0.1) is 0 Å². The summed E-state index contributed by atoms with van der Waals surface area (Å²) in [6, 6.07) is 21.7. The lowest BCUT2D eigenvalue weighted by Crippen LogP contribution is -2.11. The standard InChI is InChI=1S/C23H20N4O3/c24-22(25)14-4-7-18(8-5-14)28-13-29-19-3-1-2-15(11-19)21-12-17-10-16(23(26)27)6-9-20(17)30-21/h1-12H,13H2,(H3,24,25)(H3,26,27). The molecule has 0 aliphatic heterocycles. The fraction of sp³-hybridized carbons (Fsp3) is 0.0435. The Kier molecular flexibility index (Phi) is 5.09. The lowest BCUT2D eigenvalue weighted by molar-refractivity contribution is 0.120. The summed E-state index contributed by atoms with van der Waals surface area (Å²) in [5, 5.41) is 15.8. The van der Waals surface area contributed by atoms with Crippen molar-refractivity contribution in [2.24, 2.45) is 11.5 Å². The van der Waals surface area contributed by atoms with Crippen molar-refractivity contribution in [3.63, 3.8) is 0 Å². The number of rotatable bonds is 7. The Morgan fingerprint density at radius 3 is 2.20 bits per heavy atom. The summed E-state index contributed by atoms with van der Waals surface area (Å²) in [7, 11) is 0. The molecule has 0 fully saturated rings. The molecule has 150 valence electrons. The number of amidine groups is 2. The van der Waals surface area contributed by atoms with Gasteiger partial charge >= 0.3 is 0 Å². The minimum absolute atomic E-state index is 0.0118. The fourth-order valence-electron chi connectivity index (χ4n) is 2.99. The predicted octanol–water partition coefficient (Wildman–Crippen LogP) is 4.08. The molecular formula is C23H20N4O3. The van der Waals surface area contributed by atoms with E-state index in [1.807, 2.05) is 36.4 Å². The van der Waals surface area contributed by atoms with Crippen molar-refractivity contribution in [2.45, 2.75) is 0 Å². The van der Waals surface area contributed by atoms with E-state index in [0.717, 1.165) is 16.5 Å². The molecule has 6 N–H and O–H groups in total. The lowest BCUT2D eigenvalue weighted by Gasteiger charge is -2.09. The number of nitrogens with two attached hydrogens (primary N) is 2. The maximum Gasteiger partial charge on any atom is 0.230 e. The molecule has 0 spiro atoms. The Hall–Kier alpha value is -4.26. The Labute approximate surface area is 172 Å². The Morgan fingerprint density at radius 2 is 1.47 bits per heavy atom. The molecule has 7 heteroatoms. The minimum atomic E-state index is 0.0118. The van der Waals surface area contributed by atoms with E-state index in [2.05, 4.69) is 0 Å². The van der Waals surface area contributed by atoms with Gasteiger partial charge in [0.2, 0.25) is 6.79 Å². The van der Waals surface area contributed by atoms with Crippen LogP contribution in [0, 0.1) is 10.8 Å². The Balaban J connectivity index is 1.45. The second-order valence-electron chi connectivity index (χ2n) is 6.65. The summed E-state index contributed by atoms with van der Waals surface area (Å²) in [5.74, 6) is 1.98. The van der Waals surface area contributed by atoms with Crippen LogP contribution in [0.2, 0.25) is 0 Å². The zero-order valence-corrected chi connectivity index (χ0v) is 16.0. The van der Waals surface area contributed by atoms with Gasteiger partial charge in [-0.1, -0.05) is 12.1 Å². The van der Waals surface area contributed by atoms with Gasteiger partial charge < -0.3 is 25.4 Å². The van der Waals surface area contributed by atoms with Crippen molar-refractivity contribution in [3.8, 4) is 22.8 Å². The molecule has 3 aromatic carbocycles. The van der Waals surface area contributed by atoms with Crippen LogP contribution in [0.5, 0.6) is 11.5 Å². The summed E-state index contributed by atoms with van der Waals surface area (Å²) in [4.78, 5) is 0. The van der Waals surface area contributed by atoms with E-state index >= 15 is 0 Å². The second-order valence-corrected chi connectivity index (χ2v) is 6.65. The molecule has 0 unspecified atom stereocenters. The number of nitrogens with one attached hydrogen (secondary N) is 2. The van der Waals surface area contributed by atoms with E-state index < -0.39 is 0 Å². The quantitative estimate of drug-likeness (QED) is 0.211. The molecule has 0 amide bonds. The van der Waals surface area contributed by atoms with Crippen molar-refractivity contribution in [1.29, 1.82) is 10.8 Å². The van der Waals surface area contributed by atoms with E-state index in [-0.39, 0.29) is 18.5 Å². The van der Waals surface area contributed by atoms with Crippen LogP contribution in [0.15, 0.2) is 77.2 Å². The van der Waals surface area contributed by atoms with Gasteiger partial charge in [0, 0.05) is 22.1 Å². The van der Waals surface area contributed by atoms with Crippen molar-refractivity contribution in [2.75, 3.05) is 6.79 Å². The molecule has 0 aliphatic carbocycles. The van der Waals surface area contributed by atoms with Gasteiger partial charge in [-0.15, -0.1) is 0 Å². The molecule has 0 saturated heterocycles. The highest BCUT2D eigenvalue weighted by Gasteiger charge is 2.09. The van der Waals surface area contributed by atoms with Crippen molar-refractivity contribution in [1.82, 2.24) is 0 Å². The van der Waals surface area contributed by atoms with Crippen LogP contribution in [-0.2, 0) is 0 Å². The molecule has 1 aromatic heterocycles. The molecule has 0 atom stereocenters. The van der Waals surface area contributed by atoms with Crippen LogP contribution in [-0.4, -0.2) is 18.5 Å². The van der Waals surface area contributed by atoms with Crippen molar-refractivity contribution in [3.05, 3.63) is 83.9 Å². The third kappa shape index (κ3) is 4.10. The van der Waals surface area contributed by atoms with E-state index in [1.165, 1.54) is 0 Å². The van der Waals surface area contributed by atoms with E-state index in [4.69, 9.17) is 36.2 Å². The van der Waals surface area contributed by atoms with Gasteiger partial charge in [-0.2, -0.15) is 0 Å². The normalized spacial score (nSPS) is 10.7. The topological polar surface area (TPSA) is 131 Å². The second kappa shape index (κ2) is 8.00. The first-order valence-corrected chi connectivity index (χ1v) is 9.18. The summed E-state index contributed by atoms with van der Waals surface area (Å²) >= 11 is 0. The molecule has 1 heterocycles. The number of ether oxygens (including phenoxy) is 2. The van der Waals surface area contributed by atoms with Gasteiger partial charge in [0.25, 0.3) is 0 Å². The van der Waals surface area contributed by atoms with Gasteiger partial charge in [-0.3, -0.25) is 10.8 Å². The van der Waals surface area contributed by atoms with Crippen LogP contribution in [0.4, 0.5) is 0 Å². The van der Waals surface area contributed by atoms with Crippen LogP contribution in [0.1, 0.15) is 11.1 Å². The number of hydrogen-bond acceptors (Lipinski definition) is 5. The summed E-state index contributed by atoms with van der Waals surface area (Å²) in [6.45, 7) is 0.0327. The van der Waals surface area contributed by atoms with Crippen molar-refractivity contribution >= 4 is 22.6 Å². The van der Waals surface area contributed by atoms with E-state index in [9.17, 15) is 0 Å². The van der Waals surface area contributed by atoms with Crippen molar-refractivity contribution < 1.29 is 13.9 Å². The minimum Gasteiger partial charge on any atom is -0.458 e. The summed E-state index contributed by atoms with van der Waals surface area (Å²) < 4.78 is 17.2. The first-order valence-electron chi connectivity index (χ1n) is 9.18. The van der Waals surface area contributed by atoms with Crippen LogP contribution in [0.25, 0.3) is 22.3 Å². The first-order chi connectivity index (χ1) is 14.5. The Bertz CT molecular complexity index is 1230. The zero-order valence-electron chi connectivity index (χ0n) is 16.0. The number of furan rings is 1. The van der Waals surface area contributed by atoms with Gasteiger partial charge in [0.1, 0.15) is 34.5 Å². The van der Waals surface area contributed by atoms with Crippen LogP contribution < -0.4 is 20.9 Å². The monoisotopic (exact) mass is 400 g/mol. The number of hydrogen-bond donors (Lipinski definition) is 4. The molecule has 4 rings (SSSR count). The number of nitrogen functional groups attached to an aromatic ring is 2. The molecule has 0 saturated carbocycles. The smallest absolute Gasteiger partial charge is 0.230 e. The van der Waals surface area contributed by atoms with E-state index in [1.54, 1.807) is 36.4 Å². The van der Waals surface area contributed by atoms with Crippen LogP contribution in [0.3, 0.4) is 0 Å². The first kappa shape index (κ1) is 19.1. The largest absolute Gasteiger partial charge is 0.458 e. The zero-order chi connectivity index (χ0) is 21.1. The maximum atomic E-state index is 7.57. The molecule has 30 heavy (non-hydrogen) atoms. The molecule has 0 aliphatic rings. The lowest BCUT2D eigenvalue weighted by atomic mass is 10.1. The summed E-state index contributed by atoms with van der Waals surface area (Å²) in [6.07, 6.45) is 0. The van der Waals surface area contributed by atoms with Gasteiger partial charge in [-0.05, 0) is 60.7 Å². The highest BCUT2D eigenvalue weighted by Crippen LogP contribution is 2.30. The van der Waals surface area contributed by atoms with E-state index in [0.29, 0.717) is 28.4 Å². The average molecular weight is 400 g/mol. The third-order valence-corrected chi connectivity index (χ3v) is 4.56.